The lowest BCUT2D eigenvalue weighted by molar-refractivity contribution is -0.155. The predicted molar refractivity (Wildman–Crippen MR) is 71.3 cm³/mol. The Morgan fingerprint density at radius 2 is 1.25 bits per heavy atom. The Balaban J connectivity index is 2.18. The van der Waals surface area contributed by atoms with Crippen molar-refractivity contribution in [1.29, 1.82) is 0 Å². The maximum absolute atomic E-state index is 13.2. The second kappa shape index (κ2) is 5.44. The van der Waals surface area contributed by atoms with Crippen LogP contribution in [0.4, 0.5) is 17.6 Å². The molecule has 0 aliphatic carbocycles. The molecule has 0 aliphatic heterocycles. The maximum Gasteiger partial charge on any atom is 0.384 e. The van der Waals surface area contributed by atoms with Gasteiger partial charge < -0.3 is 0 Å². The Morgan fingerprint density at radius 3 is 1.75 bits per heavy atom. The Morgan fingerprint density at radius 1 is 0.750 bits per heavy atom. The highest BCUT2D eigenvalue weighted by Gasteiger charge is 2.54. The summed E-state index contributed by atoms with van der Waals surface area (Å²) in [5.41, 5.74) is 1.86. The van der Waals surface area contributed by atoms with Crippen molar-refractivity contribution >= 4 is 11.6 Å². The van der Waals surface area contributed by atoms with E-state index in [0.29, 0.717) is 0 Å². The zero-order valence-corrected chi connectivity index (χ0v) is 11.0. The van der Waals surface area contributed by atoms with Crippen molar-refractivity contribution in [2.75, 3.05) is 0 Å². The molecule has 0 radical (unpaired) electrons. The largest absolute Gasteiger partial charge is 0.384 e. The van der Waals surface area contributed by atoms with Crippen molar-refractivity contribution < 1.29 is 17.6 Å². The molecule has 2 aromatic rings. The van der Waals surface area contributed by atoms with E-state index in [2.05, 4.69) is 11.6 Å². The Labute approximate surface area is 119 Å². The zero-order chi connectivity index (χ0) is 14.8. The summed E-state index contributed by atoms with van der Waals surface area (Å²) < 4.78 is 51.4. The fraction of sp³-hybridized carbons (Fsp3) is 0.200. The summed E-state index contributed by atoms with van der Waals surface area (Å²) in [4.78, 5) is 0. The minimum atomic E-state index is -4.55. The summed E-state index contributed by atoms with van der Waals surface area (Å²) in [5, 5.41) is -4.55. The van der Waals surface area contributed by atoms with Gasteiger partial charge in [0.25, 0.3) is 0 Å². The zero-order valence-electron chi connectivity index (χ0n) is 10.3. The summed E-state index contributed by atoms with van der Waals surface area (Å²) in [6.07, 6.45) is -1.10. The first-order valence-corrected chi connectivity index (χ1v) is 6.26. The molecular weight excluding hydrogens is 292 g/mol. The van der Waals surface area contributed by atoms with E-state index in [1.54, 1.807) is 12.1 Å². The van der Waals surface area contributed by atoms with Crippen LogP contribution in [0.3, 0.4) is 0 Å². The summed E-state index contributed by atoms with van der Waals surface area (Å²) in [5.74, 6) is -4.27. The van der Waals surface area contributed by atoms with E-state index in [-0.39, 0.29) is 5.56 Å². The van der Waals surface area contributed by atoms with Gasteiger partial charge in [0, 0.05) is 6.42 Å². The van der Waals surface area contributed by atoms with Gasteiger partial charge in [-0.2, -0.15) is 17.6 Å². The highest BCUT2D eigenvalue weighted by atomic mass is 35.5. The molecule has 2 rings (SSSR count). The second-order valence-electron chi connectivity index (χ2n) is 4.44. The third kappa shape index (κ3) is 3.31. The lowest BCUT2D eigenvalue weighted by Gasteiger charge is -2.21. The molecule has 2 aromatic carbocycles. The second-order valence-corrected chi connectivity index (χ2v) is 4.92. The maximum atomic E-state index is 13.2. The highest BCUT2D eigenvalue weighted by molar-refractivity contribution is 6.22. The first-order valence-electron chi connectivity index (χ1n) is 5.88. The van der Waals surface area contributed by atoms with Gasteiger partial charge in [0.15, 0.2) is 0 Å². The van der Waals surface area contributed by atoms with Crippen LogP contribution in [0.2, 0.25) is 0 Å². The molecule has 0 bridgehead atoms. The normalized spacial score (nSPS) is 12.4. The standard InChI is InChI=1S/C15H11ClF4/c16-15(19,20)14(17,18)10-11-6-8-13(9-7-11)12-4-2-1-3-5-12/h1-9H,10H2. The van der Waals surface area contributed by atoms with Crippen LogP contribution in [-0.4, -0.2) is 11.3 Å². The third-order valence-electron chi connectivity index (χ3n) is 2.90. The minimum absolute atomic E-state index is 0.106. The van der Waals surface area contributed by atoms with Crippen molar-refractivity contribution in [2.45, 2.75) is 17.7 Å². The first-order chi connectivity index (χ1) is 9.29. The fourth-order valence-corrected chi connectivity index (χ4v) is 1.87. The predicted octanol–water partition coefficient (Wildman–Crippen LogP) is 5.36. The number of rotatable bonds is 4. The van der Waals surface area contributed by atoms with Crippen LogP contribution >= 0.6 is 11.6 Å². The molecule has 0 atom stereocenters. The molecule has 5 heteroatoms. The number of alkyl halides is 5. The van der Waals surface area contributed by atoms with Crippen molar-refractivity contribution in [1.82, 2.24) is 0 Å². The Hall–Kier alpha value is -1.55. The summed E-state index contributed by atoms with van der Waals surface area (Å²) in [6.45, 7) is 0. The average Bonchev–Trinajstić information content (AvgIpc) is 2.39. The molecule has 0 saturated carbocycles. The number of benzene rings is 2. The molecule has 106 valence electrons. The van der Waals surface area contributed by atoms with E-state index in [9.17, 15) is 17.6 Å². The van der Waals surface area contributed by atoms with Crippen LogP contribution in [0.15, 0.2) is 54.6 Å². The lowest BCUT2D eigenvalue weighted by Crippen LogP contribution is -2.37. The number of hydrogen-bond donors (Lipinski definition) is 0. The Kier molecular flexibility index (Phi) is 4.04. The molecular formula is C15H11ClF4. The van der Waals surface area contributed by atoms with E-state index >= 15 is 0 Å². The molecule has 0 spiro atoms. The third-order valence-corrected chi connectivity index (χ3v) is 3.18. The van der Waals surface area contributed by atoms with Gasteiger partial charge >= 0.3 is 11.3 Å². The van der Waals surface area contributed by atoms with Gasteiger partial charge in [0.2, 0.25) is 0 Å². The fourth-order valence-electron chi connectivity index (χ4n) is 1.80. The van der Waals surface area contributed by atoms with Crippen molar-refractivity contribution in [3.8, 4) is 11.1 Å². The summed E-state index contributed by atoms with van der Waals surface area (Å²) >= 11 is 4.42. The van der Waals surface area contributed by atoms with E-state index in [4.69, 9.17) is 0 Å². The van der Waals surface area contributed by atoms with E-state index in [1.807, 2.05) is 30.3 Å². The smallest absolute Gasteiger partial charge is 0.198 e. The van der Waals surface area contributed by atoms with Gasteiger partial charge in [-0.15, -0.1) is 0 Å². The molecule has 0 saturated heterocycles. The van der Waals surface area contributed by atoms with E-state index in [0.717, 1.165) is 11.1 Å². The molecule has 0 amide bonds. The van der Waals surface area contributed by atoms with Crippen LogP contribution in [0.25, 0.3) is 11.1 Å². The molecule has 0 aromatic heterocycles. The molecule has 20 heavy (non-hydrogen) atoms. The van der Waals surface area contributed by atoms with Gasteiger partial charge in [-0.05, 0) is 28.3 Å². The molecule has 0 N–H and O–H groups in total. The average molecular weight is 303 g/mol. The van der Waals surface area contributed by atoms with Gasteiger partial charge in [0.05, 0.1) is 0 Å². The monoisotopic (exact) mass is 302 g/mol. The molecule has 0 aliphatic rings. The first kappa shape index (κ1) is 14.9. The van der Waals surface area contributed by atoms with E-state index in [1.165, 1.54) is 12.1 Å². The SMILES string of the molecule is FC(F)(Cl)C(F)(F)Cc1ccc(-c2ccccc2)cc1. The van der Waals surface area contributed by atoms with Crippen LogP contribution in [0, 0.1) is 0 Å². The van der Waals surface area contributed by atoms with Crippen molar-refractivity contribution in [2.24, 2.45) is 0 Å². The van der Waals surface area contributed by atoms with Crippen molar-refractivity contribution in [3.05, 3.63) is 60.2 Å². The number of hydrogen-bond acceptors (Lipinski definition) is 0. The van der Waals surface area contributed by atoms with Gasteiger partial charge in [0.1, 0.15) is 0 Å². The lowest BCUT2D eigenvalue weighted by atomic mass is 10.0. The van der Waals surface area contributed by atoms with E-state index < -0.39 is 17.7 Å². The highest BCUT2D eigenvalue weighted by Crippen LogP contribution is 2.40. The number of halogens is 5. The summed E-state index contributed by atoms with van der Waals surface area (Å²) in [7, 11) is 0. The molecule has 0 heterocycles. The molecule has 0 fully saturated rings. The van der Waals surface area contributed by atoms with Gasteiger partial charge in [-0.25, -0.2) is 0 Å². The van der Waals surface area contributed by atoms with Gasteiger partial charge in [-0.1, -0.05) is 54.6 Å². The van der Waals surface area contributed by atoms with Gasteiger partial charge in [-0.3, -0.25) is 0 Å². The minimum Gasteiger partial charge on any atom is -0.198 e. The van der Waals surface area contributed by atoms with Crippen molar-refractivity contribution in [3.63, 3.8) is 0 Å². The van der Waals surface area contributed by atoms with Crippen LogP contribution in [0.1, 0.15) is 5.56 Å². The summed E-state index contributed by atoms with van der Waals surface area (Å²) in [6, 6.07) is 15.4. The quantitative estimate of drug-likeness (QED) is 0.526. The molecule has 0 unspecified atom stereocenters. The van der Waals surface area contributed by atoms with Crippen LogP contribution in [0.5, 0.6) is 0 Å². The molecule has 0 nitrogen and oxygen atoms in total. The van der Waals surface area contributed by atoms with Crippen LogP contribution < -0.4 is 0 Å². The Bertz CT molecular complexity index is 559. The topological polar surface area (TPSA) is 0 Å². The van der Waals surface area contributed by atoms with Crippen LogP contribution in [-0.2, 0) is 6.42 Å².